The van der Waals surface area contributed by atoms with Gasteiger partial charge in [0.05, 0.1) is 10.2 Å². The second-order valence-corrected chi connectivity index (χ2v) is 4.38. The van der Waals surface area contributed by atoms with Crippen LogP contribution in [0, 0.1) is 0 Å². The SMILES string of the molecule is CCN(CC)c1nc(Cl)nc2ccsc12. The zero-order valence-electron chi connectivity index (χ0n) is 8.70. The Bertz CT molecular complexity index is 465. The average molecular weight is 242 g/mol. The van der Waals surface area contributed by atoms with Gasteiger partial charge in [0.25, 0.3) is 0 Å². The molecule has 15 heavy (non-hydrogen) atoms. The maximum absolute atomic E-state index is 5.89. The summed E-state index contributed by atoms with van der Waals surface area (Å²) in [6, 6.07) is 1.97. The molecule has 2 aromatic heterocycles. The van der Waals surface area contributed by atoms with Crippen molar-refractivity contribution in [2.75, 3.05) is 18.0 Å². The highest BCUT2D eigenvalue weighted by molar-refractivity contribution is 7.17. The highest BCUT2D eigenvalue weighted by Crippen LogP contribution is 2.29. The fraction of sp³-hybridized carbons (Fsp3) is 0.400. The van der Waals surface area contributed by atoms with Crippen LogP contribution in [0.1, 0.15) is 13.8 Å². The van der Waals surface area contributed by atoms with Gasteiger partial charge in [-0.25, -0.2) is 4.98 Å². The maximum Gasteiger partial charge on any atom is 0.224 e. The molecule has 0 bridgehead atoms. The van der Waals surface area contributed by atoms with Gasteiger partial charge in [0, 0.05) is 13.1 Å². The van der Waals surface area contributed by atoms with Gasteiger partial charge in [-0.15, -0.1) is 11.3 Å². The number of anilines is 1. The van der Waals surface area contributed by atoms with Gasteiger partial charge in [0.15, 0.2) is 5.82 Å². The average Bonchev–Trinajstić information content (AvgIpc) is 2.67. The number of thiophene rings is 1. The quantitative estimate of drug-likeness (QED) is 0.773. The first-order valence-electron chi connectivity index (χ1n) is 4.92. The van der Waals surface area contributed by atoms with Gasteiger partial charge in [-0.05, 0) is 36.9 Å². The van der Waals surface area contributed by atoms with Crippen LogP contribution in [0.4, 0.5) is 5.82 Å². The van der Waals surface area contributed by atoms with E-state index in [0.29, 0.717) is 5.28 Å². The van der Waals surface area contributed by atoms with Gasteiger partial charge in [-0.2, -0.15) is 4.98 Å². The Balaban J connectivity index is 2.61. The normalized spacial score (nSPS) is 10.9. The van der Waals surface area contributed by atoms with Gasteiger partial charge in [-0.3, -0.25) is 0 Å². The van der Waals surface area contributed by atoms with E-state index < -0.39 is 0 Å². The molecule has 2 heterocycles. The third-order valence-electron chi connectivity index (χ3n) is 2.32. The second-order valence-electron chi connectivity index (χ2n) is 3.12. The van der Waals surface area contributed by atoms with Crippen molar-refractivity contribution in [3.8, 4) is 0 Å². The smallest absolute Gasteiger partial charge is 0.224 e. The predicted molar refractivity (Wildman–Crippen MR) is 66.0 cm³/mol. The van der Waals surface area contributed by atoms with E-state index in [9.17, 15) is 0 Å². The number of hydrogen-bond donors (Lipinski definition) is 0. The van der Waals surface area contributed by atoms with E-state index in [-0.39, 0.29) is 0 Å². The zero-order chi connectivity index (χ0) is 10.8. The lowest BCUT2D eigenvalue weighted by atomic mass is 10.4. The van der Waals surface area contributed by atoms with E-state index in [0.717, 1.165) is 29.1 Å². The fourth-order valence-corrected chi connectivity index (χ4v) is 2.58. The number of rotatable bonds is 3. The minimum Gasteiger partial charge on any atom is -0.356 e. The van der Waals surface area contributed by atoms with Crippen LogP contribution in [-0.4, -0.2) is 23.1 Å². The van der Waals surface area contributed by atoms with Crippen LogP contribution in [0.2, 0.25) is 5.28 Å². The molecule has 0 N–H and O–H groups in total. The Kier molecular flexibility index (Phi) is 3.07. The summed E-state index contributed by atoms with van der Waals surface area (Å²) in [5, 5.41) is 2.34. The Hall–Kier alpha value is -0.870. The molecule has 0 atom stereocenters. The molecule has 0 aliphatic heterocycles. The summed E-state index contributed by atoms with van der Waals surface area (Å²) in [6.07, 6.45) is 0. The van der Waals surface area contributed by atoms with Crippen LogP contribution in [0.25, 0.3) is 10.2 Å². The summed E-state index contributed by atoms with van der Waals surface area (Å²) in [5.74, 6) is 0.949. The van der Waals surface area contributed by atoms with Gasteiger partial charge < -0.3 is 4.90 Å². The highest BCUT2D eigenvalue weighted by Gasteiger charge is 2.12. The molecule has 2 aromatic rings. The molecule has 0 fully saturated rings. The summed E-state index contributed by atoms with van der Waals surface area (Å²) in [6.45, 7) is 6.07. The minimum atomic E-state index is 0.322. The van der Waals surface area contributed by atoms with E-state index in [1.54, 1.807) is 11.3 Å². The van der Waals surface area contributed by atoms with Crippen molar-refractivity contribution in [3.63, 3.8) is 0 Å². The van der Waals surface area contributed by atoms with Crippen LogP contribution in [0.5, 0.6) is 0 Å². The van der Waals surface area contributed by atoms with Crippen molar-refractivity contribution >= 4 is 39.0 Å². The van der Waals surface area contributed by atoms with Gasteiger partial charge in [0.2, 0.25) is 5.28 Å². The van der Waals surface area contributed by atoms with E-state index in [1.165, 1.54) is 0 Å². The van der Waals surface area contributed by atoms with Crippen LogP contribution in [0.3, 0.4) is 0 Å². The predicted octanol–water partition coefficient (Wildman–Crippen LogP) is 3.19. The molecule has 3 nitrogen and oxygen atoms in total. The lowest BCUT2D eigenvalue weighted by Crippen LogP contribution is -2.23. The van der Waals surface area contributed by atoms with Gasteiger partial charge in [-0.1, -0.05) is 0 Å². The molecule has 0 aromatic carbocycles. The number of fused-ring (bicyclic) bond motifs is 1. The maximum atomic E-state index is 5.89. The summed E-state index contributed by atoms with van der Waals surface area (Å²) < 4.78 is 1.11. The van der Waals surface area contributed by atoms with Crippen molar-refractivity contribution in [2.24, 2.45) is 0 Å². The highest BCUT2D eigenvalue weighted by atomic mass is 35.5. The lowest BCUT2D eigenvalue weighted by Gasteiger charge is -2.20. The topological polar surface area (TPSA) is 29.0 Å². The van der Waals surface area contributed by atoms with E-state index in [4.69, 9.17) is 11.6 Å². The molecule has 0 spiro atoms. The summed E-state index contributed by atoms with van der Waals surface area (Å²) >= 11 is 7.55. The Labute approximate surface area is 97.7 Å². The lowest BCUT2D eigenvalue weighted by molar-refractivity contribution is 0.850. The Morgan fingerprint density at radius 3 is 2.73 bits per heavy atom. The minimum absolute atomic E-state index is 0.322. The van der Waals surface area contributed by atoms with Crippen molar-refractivity contribution in [1.82, 2.24) is 9.97 Å². The van der Waals surface area contributed by atoms with E-state index >= 15 is 0 Å². The van der Waals surface area contributed by atoms with Crippen molar-refractivity contribution in [3.05, 3.63) is 16.7 Å². The summed E-state index contributed by atoms with van der Waals surface area (Å²) in [5.41, 5.74) is 0.932. The molecule has 0 aliphatic rings. The molecule has 0 unspecified atom stereocenters. The first-order chi connectivity index (χ1) is 7.26. The van der Waals surface area contributed by atoms with Crippen LogP contribution < -0.4 is 4.90 Å². The third kappa shape index (κ3) is 1.92. The molecular formula is C10H12ClN3S. The molecule has 0 amide bonds. The van der Waals surface area contributed by atoms with E-state index in [2.05, 4.69) is 28.7 Å². The zero-order valence-corrected chi connectivity index (χ0v) is 10.3. The number of nitrogens with zero attached hydrogens (tertiary/aromatic N) is 3. The van der Waals surface area contributed by atoms with Crippen molar-refractivity contribution in [2.45, 2.75) is 13.8 Å². The van der Waals surface area contributed by atoms with Crippen LogP contribution in [-0.2, 0) is 0 Å². The molecule has 80 valence electrons. The molecule has 0 saturated heterocycles. The van der Waals surface area contributed by atoms with Crippen molar-refractivity contribution < 1.29 is 0 Å². The third-order valence-corrected chi connectivity index (χ3v) is 3.39. The second kappa shape index (κ2) is 4.33. The number of hydrogen-bond acceptors (Lipinski definition) is 4. The summed E-state index contributed by atoms with van der Waals surface area (Å²) in [4.78, 5) is 10.7. The molecule has 5 heteroatoms. The standard InChI is InChI=1S/C10H12ClN3S/c1-3-14(4-2)9-8-7(5-6-15-8)12-10(11)13-9/h5-6H,3-4H2,1-2H3. The fourth-order valence-electron chi connectivity index (χ4n) is 1.56. The van der Waals surface area contributed by atoms with Gasteiger partial charge in [0.1, 0.15) is 0 Å². The Morgan fingerprint density at radius 1 is 1.33 bits per heavy atom. The van der Waals surface area contributed by atoms with Crippen LogP contribution in [0.15, 0.2) is 11.4 Å². The van der Waals surface area contributed by atoms with E-state index in [1.807, 2.05) is 11.4 Å². The molecule has 0 saturated carbocycles. The van der Waals surface area contributed by atoms with Crippen LogP contribution >= 0.6 is 22.9 Å². The molecule has 0 aliphatic carbocycles. The summed E-state index contributed by atoms with van der Waals surface area (Å²) in [7, 11) is 0. The molecule has 2 rings (SSSR count). The largest absolute Gasteiger partial charge is 0.356 e. The Morgan fingerprint density at radius 2 is 2.07 bits per heavy atom. The first-order valence-corrected chi connectivity index (χ1v) is 6.17. The first kappa shape index (κ1) is 10.6. The van der Waals surface area contributed by atoms with Gasteiger partial charge >= 0.3 is 0 Å². The number of aromatic nitrogens is 2. The monoisotopic (exact) mass is 241 g/mol. The number of halogens is 1. The van der Waals surface area contributed by atoms with Crippen molar-refractivity contribution in [1.29, 1.82) is 0 Å². The molecular weight excluding hydrogens is 230 g/mol. The molecule has 0 radical (unpaired) electrons.